The number of amides is 1. The number of benzene rings is 2. The molecule has 3 rings (SSSR count). The molecule has 4 nitrogen and oxygen atoms in total. The van der Waals surface area contributed by atoms with Gasteiger partial charge in [-0.05, 0) is 43.3 Å². The van der Waals surface area contributed by atoms with Crippen molar-refractivity contribution in [2.45, 2.75) is 13.0 Å². The molecule has 25 heavy (non-hydrogen) atoms. The monoisotopic (exact) mass is 357 g/mol. The molecule has 3 aromatic rings. The van der Waals surface area contributed by atoms with Crippen molar-refractivity contribution in [3.8, 4) is 0 Å². The van der Waals surface area contributed by atoms with Crippen LogP contribution in [-0.4, -0.2) is 35.9 Å². The molecule has 0 aliphatic heterocycles. The van der Waals surface area contributed by atoms with Crippen molar-refractivity contribution < 1.29 is 9.18 Å². The number of likely N-dealkylation sites (N-methyl/N-ethyl adjacent to an activating group) is 1. The summed E-state index contributed by atoms with van der Waals surface area (Å²) in [5.41, 5.74) is 2.00. The quantitative estimate of drug-likeness (QED) is 0.706. The Kier molecular flexibility index (Phi) is 5.73. The number of hydrogen-bond acceptors (Lipinski definition) is 4. The van der Waals surface area contributed by atoms with Crippen LogP contribution in [-0.2, 0) is 17.8 Å². The molecule has 0 aliphatic carbocycles. The zero-order chi connectivity index (χ0) is 17.6. The molecule has 1 N–H and O–H groups in total. The zero-order valence-corrected chi connectivity index (χ0v) is 14.9. The second-order valence-electron chi connectivity index (χ2n) is 5.97. The van der Waals surface area contributed by atoms with Crippen molar-refractivity contribution in [3.05, 3.63) is 64.9 Å². The SMILES string of the molecule is CN(CC(=O)NCCc1ccc(F)cc1)Cc1nc2ccccc2s1. The Morgan fingerprint density at radius 2 is 1.96 bits per heavy atom. The smallest absolute Gasteiger partial charge is 0.234 e. The third-order valence-electron chi connectivity index (χ3n) is 3.81. The number of rotatable bonds is 7. The third-order valence-corrected chi connectivity index (χ3v) is 4.83. The summed E-state index contributed by atoms with van der Waals surface area (Å²) in [7, 11) is 1.91. The van der Waals surface area contributed by atoms with Crippen LogP contribution in [0.3, 0.4) is 0 Å². The first-order chi connectivity index (χ1) is 12.1. The van der Waals surface area contributed by atoms with E-state index in [-0.39, 0.29) is 11.7 Å². The predicted octanol–water partition coefficient (Wildman–Crippen LogP) is 3.23. The van der Waals surface area contributed by atoms with E-state index < -0.39 is 0 Å². The van der Waals surface area contributed by atoms with Gasteiger partial charge in [0.2, 0.25) is 5.91 Å². The van der Waals surface area contributed by atoms with Crippen molar-refractivity contribution in [3.63, 3.8) is 0 Å². The standard InChI is InChI=1S/C19H20FN3OS/c1-23(13-19-22-16-4-2-3-5-17(16)25-19)12-18(24)21-11-10-14-6-8-15(20)9-7-14/h2-9H,10-13H2,1H3,(H,21,24). The third kappa shape index (κ3) is 5.08. The molecule has 0 spiro atoms. The second kappa shape index (κ2) is 8.18. The van der Waals surface area contributed by atoms with Crippen LogP contribution >= 0.6 is 11.3 Å². The number of carbonyl (C=O) groups excluding carboxylic acids is 1. The van der Waals surface area contributed by atoms with Gasteiger partial charge in [-0.2, -0.15) is 0 Å². The molecule has 130 valence electrons. The fourth-order valence-electron chi connectivity index (χ4n) is 2.57. The van der Waals surface area contributed by atoms with Crippen molar-refractivity contribution in [2.24, 2.45) is 0 Å². The zero-order valence-electron chi connectivity index (χ0n) is 14.0. The largest absolute Gasteiger partial charge is 0.355 e. The molecular formula is C19H20FN3OS. The van der Waals surface area contributed by atoms with E-state index in [1.165, 1.54) is 12.1 Å². The Balaban J connectivity index is 1.43. The number of carbonyl (C=O) groups is 1. The molecule has 0 atom stereocenters. The molecule has 1 aromatic heterocycles. The lowest BCUT2D eigenvalue weighted by atomic mass is 10.1. The van der Waals surface area contributed by atoms with E-state index in [2.05, 4.69) is 16.4 Å². The van der Waals surface area contributed by atoms with E-state index in [4.69, 9.17) is 0 Å². The molecule has 0 radical (unpaired) electrons. The maximum absolute atomic E-state index is 12.8. The fraction of sp³-hybridized carbons (Fsp3) is 0.263. The highest BCUT2D eigenvalue weighted by molar-refractivity contribution is 7.18. The highest BCUT2D eigenvalue weighted by Gasteiger charge is 2.10. The summed E-state index contributed by atoms with van der Waals surface area (Å²) in [6.07, 6.45) is 0.688. The highest BCUT2D eigenvalue weighted by atomic mass is 32.1. The van der Waals surface area contributed by atoms with Crippen LogP contribution in [0.15, 0.2) is 48.5 Å². The number of fused-ring (bicyclic) bond motifs is 1. The van der Waals surface area contributed by atoms with Crippen LogP contribution in [0.1, 0.15) is 10.6 Å². The van der Waals surface area contributed by atoms with Gasteiger partial charge in [0.1, 0.15) is 10.8 Å². The summed E-state index contributed by atoms with van der Waals surface area (Å²) in [5.74, 6) is -0.269. The maximum Gasteiger partial charge on any atom is 0.234 e. The lowest BCUT2D eigenvalue weighted by molar-refractivity contribution is -0.122. The molecule has 0 saturated carbocycles. The lowest BCUT2D eigenvalue weighted by Crippen LogP contribution is -2.35. The summed E-state index contributed by atoms with van der Waals surface area (Å²) in [5, 5.41) is 3.90. The lowest BCUT2D eigenvalue weighted by Gasteiger charge is -2.14. The molecule has 6 heteroatoms. The predicted molar refractivity (Wildman–Crippen MR) is 99.1 cm³/mol. The molecule has 1 heterocycles. The number of aromatic nitrogens is 1. The van der Waals surface area contributed by atoms with Crippen LogP contribution in [0.25, 0.3) is 10.2 Å². The highest BCUT2D eigenvalue weighted by Crippen LogP contribution is 2.22. The van der Waals surface area contributed by atoms with Crippen LogP contribution < -0.4 is 5.32 Å². The summed E-state index contributed by atoms with van der Waals surface area (Å²) >= 11 is 1.65. The first-order valence-electron chi connectivity index (χ1n) is 8.14. The van der Waals surface area contributed by atoms with E-state index in [0.29, 0.717) is 26.1 Å². The minimum absolute atomic E-state index is 0.0225. The number of nitrogens with zero attached hydrogens (tertiary/aromatic N) is 2. The maximum atomic E-state index is 12.8. The number of nitrogens with one attached hydrogen (secondary N) is 1. The Hall–Kier alpha value is -2.31. The number of thiazole rings is 1. The van der Waals surface area contributed by atoms with Crippen LogP contribution in [0.4, 0.5) is 4.39 Å². The van der Waals surface area contributed by atoms with Gasteiger partial charge in [-0.25, -0.2) is 9.37 Å². The molecule has 0 saturated heterocycles. The number of para-hydroxylation sites is 1. The van der Waals surface area contributed by atoms with Crippen molar-refractivity contribution in [1.29, 1.82) is 0 Å². The first kappa shape index (κ1) is 17.5. The number of halogens is 1. The van der Waals surface area contributed by atoms with E-state index in [1.54, 1.807) is 23.5 Å². The first-order valence-corrected chi connectivity index (χ1v) is 8.96. The summed E-state index contributed by atoms with van der Waals surface area (Å²) < 4.78 is 14.0. The topological polar surface area (TPSA) is 45.2 Å². The van der Waals surface area contributed by atoms with Crippen LogP contribution in [0.5, 0.6) is 0 Å². The minimum atomic E-state index is -0.246. The Morgan fingerprint density at radius 1 is 1.20 bits per heavy atom. The van der Waals surface area contributed by atoms with Crippen molar-refractivity contribution >= 4 is 27.5 Å². The van der Waals surface area contributed by atoms with Gasteiger partial charge < -0.3 is 5.32 Å². The van der Waals surface area contributed by atoms with Gasteiger partial charge in [0.15, 0.2) is 0 Å². The summed E-state index contributed by atoms with van der Waals surface area (Å²) in [4.78, 5) is 18.6. The molecule has 0 unspecified atom stereocenters. The number of hydrogen-bond donors (Lipinski definition) is 1. The van der Waals surface area contributed by atoms with Crippen LogP contribution in [0, 0.1) is 5.82 Å². The van der Waals surface area contributed by atoms with Crippen LogP contribution in [0.2, 0.25) is 0 Å². The van der Waals surface area contributed by atoms with Gasteiger partial charge in [0.05, 0.1) is 23.3 Å². The molecule has 0 bridgehead atoms. The fourth-order valence-corrected chi connectivity index (χ4v) is 3.62. The second-order valence-corrected chi connectivity index (χ2v) is 7.09. The normalized spacial score (nSPS) is 11.2. The van der Waals surface area contributed by atoms with Gasteiger partial charge in [-0.1, -0.05) is 24.3 Å². The van der Waals surface area contributed by atoms with Gasteiger partial charge in [-0.15, -0.1) is 11.3 Å². The molecule has 2 aromatic carbocycles. The molecule has 1 amide bonds. The Labute approximate surface area is 150 Å². The van der Waals surface area contributed by atoms with Gasteiger partial charge in [-0.3, -0.25) is 9.69 Å². The van der Waals surface area contributed by atoms with Gasteiger partial charge in [0, 0.05) is 6.54 Å². The Morgan fingerprint density at radius 3 is 2.72 bits per heavy atom. The summed E-state index contributed by atoms with van der Waals surface area (Å²) in [6.45, 7) is 1.50. The van der Waals surface area contributed by atoms with Crippen molar-refractivity contribution in [1.82, 2.24) is 15.2 Å². The average Bonchev–Trinajstić information content (AvgIpc) is 2.98. The average molecular weight is 357 g/mol. The molecule has 0 fully saturated rings. The van der Waals surface area contributed by atoms with Gasteiger partial charge >= 0.3 is 0 Å². The molecular weight excluding hydrogens is 337 g/mol. The minimum Gasteiger partial charge on any atom is -0.355 e. The van der Waals surface area contributed by atoms with E-state index in [1.807, 2.05) is 30.1 Å². The van der Waals surface area contributed by atoms with Gasteiger partial charge in [0.25, 0.3) is 0 Å². The summed E-state index contributed by atoms with van der Waals surface area (Å²) in [6, 6.07) is 14.4. The van der Waals surface area contributed by atoms with E-state index in [0.717, 1.165) is 20.8 Å². The van der Waals surface area contributed by atoms with E-state index >= 15 is 0 Å². The molecule has 0 aliphatic rings. The van der Waals surface area contributed by atoms with E-state index in [9.17, 15) is 9.18 Å². The Bertz CT molecular complexity index is 814. The van der Waals surface area contributed by atoms with Crippen molar-refractivity contribution in [2.75, 3.05) is 20.1 Å².